The summed E-state index contributed by atoms with van der Waals surface area (Å²) >= 11 is 25.0. The molecule has 1 N–H and O–H groups in total. The van der Waals surface area contributed by atoms with Crippen LogP contribution in [-0.2, 0) is 32.6 Å². The van der Waals surface area contributed by atoms with Gasteiger partial charge in [-0.1, -0.05) is 108 Å². The lowest BCUT2D eigenvalue weighted by Crippen LogP contribution is -2.53. The van der Waals surface area contributed by atoms with Gasteiger partial charge in [-0.2, -0.15) is 0 Å². The van der Waals surface area contributed by atoms with Gasteiger partial charge in [0.1, 0.15) is 12.6 Å². The average molecular weight is 659 g/mol. The average Bonchev–Trinajstić information content (AvgIpc) is 2.92. The van der Waals surface area contributed by atoms with Gasteiger partial charge in [0.25, 0.3) is 0 Å². The molecule has 1 atom stereocenters. The monoisotopic (exact) mass is 657 g/mol. The highest BCUT2D eigenvalue weighted by Crippen LogP contribution is 2.36. The van der Waals surface area contributed by atoms with Gasteiger partial charge in [-0.3, -0.25) is 13.9 Å². The molecule has 0 aliphatic heterocycles. The van der Waals surface area contributed by atoms with Crippen LogP contribution in [0.5, 0.6) is 0 Å². The van der Waals surface area contributed by atoms with Crippen LogP contribution in [0.1, 0.15) is 30.9 Å². The van der Waals surface area contributed by atoms with Crippen LogP contribution in [0.25, 0.3) is 0 Å². The fourth-order valence-electron chi connectivity index (χ4n) is 4.17. The first kappa shape index (κ1) is 33.0. The van der Waals surface area contributed by atoms with Crippen LogP contribution in [0.2, 0.25) is 20.1 Å². The highest BCUT2D eigenvalue weighted by Gasteiger charge is 2.34. The Morgan fingerprint density at radius 2 is 1.51 bits per heavy atom. The zero-order valence-electron chi connectivity index (χ0n) is 22.6. The molecule has 0 radical (unpaired) electrons. The Morgan fingerprint density at radius 1 is 0.878 bits per heavy atom. The van der Waals surface area contributed by atoms with Crippen molar-refractivity contribution in [1.29, 1.82) is 0 Å². The quantitative estimate of drug-likeness (QED) is 0.165. The van der Waals surface area contributed by atoms with Crippen molar-refractivity contribution >= 4 is 73.9 Å². The van der Waals surface area contributed by atoms with Crippen LogP contribution in [0, 0.1) is 0 Å². The van der Waals surface area contributed by atoms with Crippen molar-refractivity contribution in [3.05, 3.63) is 97.9 Å². The zero-order chi connectivity index (χ0) is 30.2. The maximum atomic E-state index is 14.1. The standard InChI is InChI=1S/C29H31Cl4N3O4S/c1-3-4-14-34-29(38)27(15-20-10-6-5-7-11-20)35(18-21-12-8-9-13-22(21)30)28(37)19-36(41(2,39)40)26-17-24(32)23(31)16-25(26)33/h5-13,16-17,27H,3-4,14-15,18-19H2,1-2H3,(H,34,38)/t27-/m1/s1. The molecule has 220 valence electrons. The third-order valence-electron chi connectivity index (χ3n) is 6.34. The number of benzene rings is 3. The molecule has 0 spiro atoms. The van der Waals surface area contributed by atoms with Crippen LogP contribution in [0.3, 0.4) is 0 Å². The number of sulfonamides is 1. The van der Waals surface area contributed by atoms with Gasteiger partial charge in [0.15, 0.2) is 0 Å². The number of hydrogen-bond acceptors (Lipinski definition) is 4. The molecule has 0 saturated heterocycles. The summed E-state index contributed by atoms with van der Waals surface area (Å²) in [4.78, 5) is 29.1. The van der Waals surface area contributed by atoms with E-state index < -0.39 is 28.5 Å². The van der Waals surface area contributed by atoms with Crippen LogP contribution < -0.4 is 9.62 Å². The number of nitrogens with zero attached hydrogens (tertiary/aromatic N) is 2. The van der Waals surface area contributed by atoms with E-state index in [2.05, 4.69) is 5.32 Å². The second kappa shape index (κ2) is 15.1. The Kier molecular flexibility index (Phi) is 12.2. The van der Waals surface area contributed by atoms with Gasteiger partial charge >= 0.3 is 0 Å². The Morgan fingerprint density at radius 3 is 2.15 bits per heavy atom. The molecule has 3 aromatic carbocycles. The van der Waals surface area contributed by atoms with Crippen LogP contribution in [-0.4, -0.2) is 50.5 Å². The van der Waals surface area contributed by atoms with Crippen LogP contribution in [0.15, 0.2) is 66.7 Å². The number of anilines is 1. The van der Waals surface area contributed by atoms with E-state index in [9.17, 15) is 18.0 Å². The fourth-order valence-corrected chi connectivity index (χ4v) is 5.91. The fraction of sp³-hybridized carbons (Fsp3) is 0.310. The second-order valence-corrected chi connectivity index (χ2v) is 13.0. The molecule has 0 aliphatic rings. The van der Waals surface area contributed by atoms with E-state index in [1.807, 2.05) is 37.3 Å². The number of halogens is 4. The summed E-state index contributed by atoms with van der Waals surface area (Å²) in [6.07, 6.45) is 2.79. The lowest BCUT2D eigenvalue weighted by atomic mass is 10.0. The minimum Gasteiger partial charge on any atom is -0.354 e. The molecule has 2 amide bonds. The smallest absolute Gasteiger partial charge is 0.244 e. The van der Waals surface area contributed by atoms with Crippen molar-refractivity contribution in [1.82, 2.24) is 10.2 Å². The van der Waals surface area contributed by atoms with Gasteiger partial charge in [0.05, 0.1) is 27.0 Å². The molecule has 0 unspecified atom stereocenters. The summed E-state index contributed by atoms with van der Waals surface area (Å²) < 4.78 is 26.7. The molecule has 0 bridgehead atoms. The SMILES string of the molecule is CCCCNC(=O)[C@@H](Cc1ccccc1)N(Cc1ccccc1Cl)C(=O)CN(c1cc(Cl)c(Cl)cc1Cl)S(C)(=O)=O. The van der Waals surface area contributed by atoms with E-state index in [4.69, 9.17) is 46.4 Å². The highest BCUT2D eigenvalue weighted by atomic mass is 35.5. The van der Waals surface area contributed by atoms with E-state index in [1.165, 1.54) is 17.0 Å². The van der Waals surface area contributed by atoms with Crippen molar-refractivity contribution in [3.8, 4) is 0 Å². The Balaban J connectivity index is 2.08. The van der Waals surface area contributed by atoms with Crippen molar-refractivity contribution in [2.24, 2.45) is 0 Å². The molecule has 7 nitrogen and oxygen atoms in total. The summed E-state index contributed by atoms with van der Waals surface area (Å²) in [5, 5.41) is 3.52. The minimum absolute atomic E-state index is 0.00609. The zero-order valence-corrected chi connectivity index (χ0v) is 26.5. The molecule has 0 heterocycles. The third kappa shape index (κ3) is 9.25. The molecule has 0 fully saturated rings. The van der Waals surface area contributed by atoms with E-state index in [1.54, 1.807) is 24.3 Å². The first-order valence-electron chi connectivity index (χ1n) is 12.9. The van der Waals surface area contributed by atoms with Gasteiger partial charge in [0.2, 0.25) is 21.8 Å². The predicted octanol–water partition coefficient (Wildman–Crippen LogP) is 6.62. The molecule has 12 heteroatoms. The molecular weight excluding hydrogens is 628 g/mol. The highest BCUT2D eigenvalue weighted by molar-refractivity contribution is 7.92. The first-order valence-corrected chi connectivity index (χ1v) is 16.2. The number of hydrogen-bond donors (Lipinski definition) is 1. The lowest BCUT2D eigenvalue weighted by Gasteiger charge is -2.34. The van der Waals surface area contributed by atoms with Gasteiger partial charge in [-0.25, -0.2) is 8.42 Å². The normalized spacial score (nSPS) is 12.0. The topological polar surface area (TPSA) is 86.8 Å². The number of nitrogens with one attached hydrogen (secondary N) is 1. The van der Waals surface area contributed by atoms with Gasteiger partial charge in [-0.05, 0) is 35.7 Å². The van der Waals surface area contributed by atoms with Crippen molar-refractivity contribution in [2.45, 2.75) is 38.8 Å². The Hall–Kier alpha value is -2.49. The molecule has 0 saturated carbocycles. The summed E-state index contributed by atoms with van der Waals surface area (Å²) in [5.74, 6) is -0.995. The molecule has 3 aromatic rings. The number of amides is 2. The molecule has 3 rings (SSSR count). The first-order chi connectivity index (χ1) is 19.4. The Bertz CT molecular complexity index is 1470. The van der Waals surface area contributed by atoms with Crippen molar-refractivity contribution in [2.75, 3.05) is 23.7 Å². The summed E-state index contributed by atoms with van der Waals surface area (Å²) in [6, 6.07) is 17.9. The largest absolute Gasteiger partial charge is 0.354 e. The minimum atomic E-state index is -4.03. The van der Waals surface area contributed by atoms with E-state index in [0.29, 0.717) is 17.1 Å². The van der Waals surface area contributed by atoms with Gasteiger partial charge in [0, 0.05) is 24.5 Å². The summed E-state index contributed by atoms with van der Waals surface area (Å²) in [6.45, 7) is 1.76. The summed E-state index contributed by atoms with van der Waals surface area (Å²) in [5.41, 5.74) is 1.41. The number of carbonyl (C=O) groups is 2. The lowest BCUT2D eigenvalue weighted by molar-refractivity contribution is -0.140. The number of carbonyl (C=O) groups excluding carboxylic acids is 2. The van der Waals surface area contributed by atoms with E-state index in [0.717, 1.165) is 29.0 Å². The van der Waals surface area contributed by atoms with Crippen LogP contribution >= 0.6 is 46.4 Å². The Labute approximate surface area is 261 Å². The van der Waals surface area contributed by atoms with Crippen molar-refractivity contribution < 1.29 is 18.0 Å². The van der Waals surface area contributed by atoms with Crippen LogP contribution in [0.4, 0.5) is 5.69 Å². The summed E-state index contributed by atoms with van der Waals surface area (Å²) in [7, 11) is -4.03. The third-order valence-corrected chi connectivity index (χ3v) is 8.86. The molecule has 0 aromatic heterocycles. The van der Waals surface area contributed by atoms with Crippen molar-refractivity contribution in [3.63, 3.8) is 0 Å². The molecule has 41 heavy (non-hydrogen) atoms. The maximum absolute atomic E-state index is 14.1. The number of unbranched alkanes of at least 4 members (excludes halogenated alkanes) is 1. The van der Waals surface area contributed by atoms with Gasteiger partial charge < -0.3 is 10.2 Å². The van der Waals surface area contributed by atoms with Gasteiger partial charge in [-0.15, -0.1) is 0 Å². The van der Waals surface area contributed by atoms with E-state index >= 15 is 0 Å². The predicted molar refractivity (Wildman–Crippen MR) is 168 cm³/mol. The second-order valence-electron chi connectivity index (χ2n) is 9.45. The van der Waals surface area contributed by atoms with E-state index in [-0.39, 0.29) is 39.6 Å². The maximum Gasteiger partial charge on any atom is 0.244 e. The number of rotatable bonds is 13. The molecule has 0 aliphatic carbocycles. The molecular formula is C29H31Cl4N3O4S.